The van der Waals surface area contributed by atoms with E-state index in [1.165, 1.54) is 32.4 Å². The highest BCUT2D eigenvalue weighted by atomic mass is 16.6. The molecule has 4 N–H and O–H groups in total. The molecule has 1 amide bonds. The monoisotopic (exact) mass is 513 g/mol. The van der Waals surface area contributed by atoms with Crippen molar-refractivity contribution in [2.75, 3.05) is 19.2 Å². The number of ether oxygens (including phenoxy) is 2. The summed E-state index contributed by atoms with van der Waals surface area (Å²) in [6, 6.07) is 21.4. The topological polar surface area (TPSA) is 159 Å². The van der Waals surface area contributed by atoms with E-state index in [-0.39, 0.29) is 33.8 Å². The summed E-state index contributed by atoms with van der Waals surface area (Å²) < 4.78 is 9.58. The van der Waals surface area contributed by atoms with E-state index in [1.807, 2.05) is 0 Å². The first-order valence-electron chi connectivity index (χ1n) is 11.2. The van der Waals surface area contributed by atoms with Crippen LogP contribution in [0.25, 0.3) is 10.8 Å². The molecule has 0 bridgehead atoms. The maximum atomic E-state index is 13.4. The molecule has 0 radical (unpaired) electrons. The Balaban J connectivity index is 1.89. The Morgan fingerprint density at radius 3 is 2.16 bits per heavy atom. The molecule has 0 spiro atoms. The number of anilines is 1. The van der Waals surface area contributed by atoms with E-state index in [9.17, 15) is 14.4 Å². The molecule has 4 aromatic rings. The molecule has 11 heteroatoms. The fourth-order valence-corrected chi connectivity index (χ4v) is 3.77. The molecule has 0 fully saturated rings. The lowest BCUT2D eigenvalue weighted by Crippen LogP contribution is -2.37. The van der Waals surface area contributed by atoms with Crippen molar-refractivity contribution >= 4 is 45.7 Å². The molecule has 0 saturated carbocycles. The number of methoxy groups -OCH3 is 2. The van der Waals surface area contributed by atoms with Crippen molar-refractivity contribution in [3.63, 3.8) is 0 Å². The second-order valence-electron chi connectivity index (χ2n) is 7.87. The normalized spacial score (nSPS) is 10.8. The summed E-state index contributed by atoms with van der Waals surface area (Å²) in [7, 11) is 2.44. The third-order valence-corrected chi connectivity index (χ3v) is 5.66. The Bertz CT molecular complexity index is 1550. The fraction of sp³-hybridized carbons (Fsp3) is 0.0741. The van der Waals surface area contributed by atoms with Crippen LogP contribution in [0.2, 0.25) is 0 Å². The van der Waals surface area contributed by atoms with E-state index >= 15 is 0 Å². The lowest BCUT2D eigenvalue weighted by molar-refractivity contribution is 0.0587. The van der Waals surface area contributed by atoms with Gasteiger partial charge in [0.05, 0.1) is 36.6 Å². The predicted molar refractivity (Wildman–Crippen MR) is 139 cm³/mol. The lowest BCUT2D eigenvalue weighted by Gasteiger charge is -2.19. The predicted octanol–water partition coefficient (Wildman–Crippen LogP) is 4.60. The molecule has 0 saturated heterocycles. The van der Waals surface area contributed by atoms with Crippen LogP contribution < -0.4 is 21.6 Å². The molecule has 0 heterocycles. The Kier molecular flexibility index (Phi) is 7.71. The van der Waals surface area contributed by atoms with Gasteiger partial charge in [-0.15, -0.1) is 10.2 Å². The highest BCUT2D eigenvalue weighted by molar-refractivity contribution is 6.12. The van der Waals surface area contributed by atoms with Gasteiger partial charge in [0.25, 0.3) is 5.91 Å². The van der Waals surface area contributed by atoms with Crippen LogP contribution >= 0.6 is 0 Å². The van der Waals surface area contributed by atoms with Gasteiger partial charge in [-0.05, 0) is 41.8 Å². The van der Waals surface area contributed by atoms with Crippen molar-refractivity contribution < 1.29 is 28.7 Å². The van der Waals surface area contributed by atoms with Gasteiger partial charge in [-0.25, -0.2) is 20.4 Å². The van der Waals surface area contributed by atoms with Crippen LogP contribution in [0.4, 0.5) is 17.1 Å². The molecule has 0 unspecified atom stereocenters. The highest BCUT2D eigenvalue weighted by Gasteiger charge is 2.24. The molecular formula is C27H23N5O6. The summed E-state index contributed by atoms with van der Waals surface area (Å²) in [5, 5.41) is 10.7. The van der Waals surface area contributed by atoms with Crippen LogP contribution in [0, 0.1) is 0 Å². The van der Waals surface area contributed by atoms with Gasteiger partial charge < -0.3 is 14.3 Å². The van der Waals surface area contributed by atoms with Gasteiger partial charge in [-0.1, -0.05) is 42.5 Å². The number of carbonyl (C=O) groups excluding carboxylic acids is 3. The number of para-hydroxylation sites is 1. The lowest BCUT2D eigenvalue weighted by atomic mass is 10.0. The molecule has 11 nitrogen and oxygen atoms in total. The van der Waals surface area contributed by atoms with Crippen LogP contribution in [-0.2, 0) is 9.47 Å². The fourth-order valence-electron chi connectivity index (χ4n) is 3.77. The largest absolute Gasteiger partial charge is 0.465 e. The molecule has 0 aliphatic rings. The summed E-state index contributed by atoms with van der Waals surface area (Å²) in [5.41, 5.74) is 0.790. The molecule has 0 aromatic heterocycles. The standard InChI is InChI=1S/C27H23N5O6/c1-36-26(34)17-12-13-20(27(35)37-2)22(15-17)30-31-23-19-11-7-6-8-16(19)14-21(24(23)38-29)25(33)32(28)18-9-4-3-5-10-18/h3-15H,28-29H2,1-2H3/b31-30+. The molecule has 0 atom stereocenters. The maximum absolute atomic E-state index is 13.4. The van der Waals surface area contributed by atoms with Crippen molar-refractivity contribution in [3.05, 3.63) is 95.6 Å². The van der Waals surface area contributed by atoms with Crippen LogP contribution in [-0.4, -0.2) is 32.1 Å². The molecule has 38 heavy (non-hydrogen) atoms. The van der Waals surface area contributed by atoms with Crippen molar-refractivity contribution in [2.24, 2.45) is 22.0 Å². The summed E-state index contributed by atoms with van der Waals surface area (Å²) in [6.07, 6.45) is 0. The Morgan fingerprint density at radius 2 is 1.47 bits per heavy atom. The van der Waals surface area contributed by atoms with E-state index in [0.29, 0.717) is 16.5 Å². The zero-order valence-electron chi connectivity index (χ0n) is 20.5. The second kappa shape index (κ2) is 11.3. The van der Waals surface area contributed by atoms with E-state index in [0.717, 1.165) is 5.01 Å². The van der Waals surface area contributed by atoms with Crippen molar-refractivity contribution in [1.29, 1.82) is 0 Å². The number of rotatable bonds is 7. The minimum Gasteiger partial charge on any atom is -0.465 e. The number of benzene rings is 4. The quantitative estimate of drug-likeness (QED) is 0.119. The number of hydrazine groups is 1. The minimum atomic E-state index is -0.693. The van der Waals surface area contributed by atoms with Gasteiger partial charge in [0, 0.05) is 5.39 Å². The van der Waals surface area contributed by atoms with Gasteiger partial charge in [-0.3, -0.25) is 4.79 Å². The van der Waals surface area contributed by atoms with E-state index in [4.69, 9.17) is 26.1 Å². The molecular weight excluding hydrogens is 490 g/mol. The van der Waals surface area contributed by atoms with Crippen LogP contribution in [0.1, 0.15) is 31.1 Å². The van der Waals surface area contributed by atoms with Gasteiger partial charge in [0.1, 0.15) is 11.4 Å². The number of hydrogen-bond donors (Lipinski definition) is 2. The van der Waals surface area contributed by atoms with Crippen molar-refractivity contribution in [1.82, 2.24) is 0 Å². The number of amides is 1. The average molecular weight is 514 g/mol. The number of fused-ring (bicyclic) bond motifs is 1. The number of azo groups is 1. The summed E-state index contributed by atoms with van der Waals surface area (Å²) >= 11 is 0. The zero-order valence-corrected chi connectivity index (χ0v) is 20.5. The van der Waals surface area contributed by atoms with Gasteiger partial charge in [-0.2, -0.15) is 5.90 Å². The number of nitrogens with zero attached hydrogens (tertiary/aromatic N) is 3. The smallest absolute Gasteiger partial charge is 0.340 e. The average Bonchev–Trinajstić information content (AvgIpc) is 2.97. The Labute approximate surface area is 217 Å². The van der Waals surface area contributed by atoms with Crippen molar-refractivity contribution in [3.8, 4) is 5.75 Å². The Hall–Kier alpha value is -5.13. The van der Waals surface area contributed by atoms with Crippen molar-refractivity contribution in [2.45, 2.75) is 0 Å². The molecule has 0 aliphatic carbocycles. The van der Waals surface area contributed by atoms with Crippen LogP contribution in [0.3, 0.4) is 0 Å². The molecule has 192 valence electrons. The third-order valence-electron chi connectivity index (χ3n) is 5.66. The van der Waals surface area contributed by atoms with E-state index < -0.39 is 17.8 Å². The van der Waals surface area contributed by atoms with Gasteiger partial charge >= 0.3 is 11.9 Å². The number of hydrogen-bond acceptors (Lipinski definition) is 10. The first-order chi connectivity index (χ1) is 18.4. The third kappa shape index (κ3) is 5.05. The highest BCUT2D eigenvalue weighted by Crippen LogP contribution is 2.40. The first kappa shape index (κ1) is 25.9. The molecule has 4 aromatic carbocycles. The molecule has 0 aliphatic heterocycles. The number of nitrogens with two attached hydrogens (primary N) is 2. The van der Waals surface area contributed by atoms with Crippen LogP contribution in [0.15, 0.2) is 89.1 Å². The van der Waals surface area contributed by atoms with Crippen LogP contribution in [0.5, 0.6) is 5.75 Å². The summed E-state index contributed by atoms with van der Waals surface area (Å²) in [6.45, 7) is 0. The van der Waals surface area contributed by atoms with E-state index in [1.54, 1.807) is 60.7 Å². The molecule has 4 rings (SSSR count). The van der Waals surface area contributed by atoms with Gasteiger partial charge in [0.15, 0.2) is 5.75 Å². The van der Waals surface area contributed by atoms with E-state index in [2.05, 4.69) is 10.2 Å². The maximum Gasteiger partial charge on any atom is 0.340 e. The second-order valence-corrected chi connectivity index (χ2v) is 7.87. The zero-order chi connectivity index (χ0) is 27.2. The summed E-state index contributed by atoms with van der Waals surface area (Å²) in [5.74, 6) is 9.71. The van der Waals surface area contributed by atoms with Gasteiger partial charge in [0.2, 0.25) is 0 Å². The number of esters is 2. The minimum absolute atomic E-state index is 0.0215. The summed E-state index contributed by atoms with van der Waals surface area (Å²) in [4.78, 5) is 42.9. The number of carbonyl (C=O) groups is 3. The SMILES string of the molecule is COC(=O)c1ccc(C(=O)OC)c(/N=N/c2c(ON)c(C(=O)N(N)c3ccccc3)cc3ccccc23)c1. The Morgan fingerprint density at radius 1 is 0.789 bits per heavy atom. The first-order valence-corrected chi connectivity index (χ1v) is 11.2.